The fourth-order valence-electron chi connectivity index (χ4n) is 2.50. The van der Waals surface area contributed by atoms with Crippen LogP contribution in [0.5, 0.6) is 0 Å². The highest BCUT2D eigenvalue weighted by atomic mass is 19.1. The highest BCUT2D eigenvalue weighted by Crippen LogP contribution is 2.37. The Balaban J connectivity index is 2.39. The number of nitrogens with zero attached hydrogens (tertiary/aromatic N) is 1. The van der Waals surface area contributed by atoms with Gasteiger partial charge in [-0.1, -0.05) is 0 Å². The lowest BCUT2D eigenvalue weighted by molar-refractivity contribution is 0.0694. The number of carboxylic acids is 1. The largest absolute Gasteiger partial charge is 0.477 e. The van der Waals surface area contributed by atoms with E-state index < -0.39 is 28.6 Å². The van der Waals surface area contributed by atoms with Crippen molar-refractivity contribution in [2.75, 3.05) is 6.54 Å². The summed E-state index contributed by atoms with van der Waals surface area (Å²) < 4.78 is 15.7. The molecule has 1 aliphatic carbocycles. The van der Waals surface area contributed by atoms with Crippen LogP contribution in [0.2, 0.25) is 0 Å². The molecule has 0 spiro atoms. The summed E-state index contributed by atoms with van der Waals surface area (Å²) in [6.45, 7) is -0.344. The number of hydrogen-bond donors (Lipinski definition) is 2. The molecule has 0 saturated heterocycles. The van der Waals surface area contributed by atoms with Gasteiger partial charge in [-0.25, -0.2) is 9.18 Å². The molecule has 1 aromatic heterocycles. The number of hydrogen-bond acceptors (Lipinski definition) is 4. The van der Waals surface area contributed by atoms with Gasteiger partial charge in [0.25, 0.3) is 0 Å². The van der Waals surface area contributed by atoms with Gasteiger partial charge in [0.2, 0.25) is 5.43 Å². The quantitative estimate of drug-likeness (QED) is 0.829. The second kappa shape index (κ2) is 5.03. The van der Waals surface area contributed by atoms with Crippen LogP contribution in [0.15, 0.2) is 23.1 Å². The predicted molar refractivity (Wildman–Crippen MR) is 76.8 cm³/mol. The Kier molecular flexibility index (Phi) is 3.29. The van der Waals surface area contributed by atoms with Gasteiger partial charge in [0.05, 0.1) is 17.6 Å². The maximum atomic E-state index is 14.0. The third-order valence-electron chi connectivity index (χ3n) is 3.78. The molecule has 0 aliphatic heterocycles. The number of halogens is 1. The van der Waals surface area contributed by atoms with E-state index in [1.807, 2.05) is 0 Å². The number of nitrogens with two attached hydrogens (primary N) is 1. The van der Waals surface area contributed by atoms with Gasteiger partial charge in [-0.2, -0.15) is 0 Å². The molecule has 3 rings (SSSR count). The molecule has 3 N–H and O–H groups in total. The Hall–Kier alpha value is -2.54. The predicted octanol–water partition coefficient (Wildman–Crippen LogP) is 1.32. The van der Waals surface area contributed by atoms with Gasteiger partial charge in [0.1, 0.15) is 11.4 Å². The summed E-state index contributed by atoms with van der Waals surface area (Å²) in [5.41, 5.74) is 4.26. The topological polar surface area (TPSA) is 102 Å². The Labute approximate surface area is 124 Å². The molecule has 0 radical (unpaired) electrons. The highest BCUT2D eigenvalue weighted by Gasteiger charge is 2.27. The van der Waals surface area contributed by atoms with E-state index in [-0.39, 0.29) is 23.5 Å². The van der Waals surface area contributed by atoms with Crippen molar-refractivity contribution in [3.8, 4) is 0 Å². The molecule has 1 saturated carbocycles. The first-order chi connectivity index (χ1) is 10.4. The number of fused-ring (bicyclic) bond motifs is 1. The van der Waals surface area contributed by atoms with Crippen LogP contribution in [0, 0.1) is 5.82 Å². The first-order valence-electron chi connectivity index (χ1n) is 6.79. The van der Waals surface area contributed by atoms with E-state index in [0.29, 0.717) is 5.52 Å². The number of aromatic carboxylic acids is 1. The van der Waals surface area contributed by atoms with Crippen LogP contribution >= 0.6 is 0 Å². The molecule has 7 heteroatoms. The van der Waals surface area contributed by atoms with Crippen molar-refractivity contribution in [1.82, 2.24) is 4.57 Å². The van der Waals surface area contributed by atoms with Crippen molar-refractivity contribution in [3.05, 3.63) is 45.5 Å². The summed E-state index contributed by atoms with van der Waals surface area (Å²) in [6.07, 6.45) is 2.95. The lowest BCUT2D eigenvalue weighted by Crippen LogP contribution is -2.20. The van der Waals surface area contributed by atoms with Crippen LogP contribution in [0.4, 0.5) is 4.39 Å². The zero-order valence-electron chi connectivity index (χ0n) is 11.5. The number of carbonyl (C=O) groups is 2. The summed E-state index contributed by atoms with van der Waals surface area (Å²) in [4.78, 5) is 35.1. The maximum absolute atomic E-state index is 14.0. The molecule has 0 unspecified atom stereocenters. The van der Waals surface area contributed by atoms with E-state index in [1.165, 1.54) is 12.3 Å². The third kappa shape index (κ3) is 2.19. The number of Topliss-reactive ketones (excluding diaryl/α,β-unsaturated/α-hetero) is 1. The van der Waals surface area contributed by atoms with Crippen molar-refractivity contribution in [1.29, 1.82) is 0 Å². The van der Waals surface area contributed by atoms with E-state index in [2.05, 4.69) is 0 Å². The minimum absolute atomic E-state index is 0.0436. The van der Waals surface area contributed by atoms with Gasteiger partial charge < -0.3 is 15.4 Å². The van der Waals surface area contributed by atoms with Crippen LogP contribution in [0.25, 0.3) is 10.9 Å². The van der Waals surface area contributed by atoms with E-state index in [1.54, 1.807) is 4.57 Å². The van der Waals surface area contributed by atoms with Crippen LogP contribution in [0.1, 0.15) is 39.6 Å². The van der Waals surface area contributed by atoms with Gasteiger partial charge in [0.15, 0.2) is 5.78 Å². The summed E-state index contributed by atoms with van der Waals surface area (Å²) in [7, 11) is 0. The van der Waals surface area contributed by atoms with Crippen LogP contribution < -0.4 is 11.2 Å². The molecular formula is C15H13FN2O4. The number of carboxylic acid groups (broad SMARTS) is 1. The summed E-state index contributed by atoms with van der Waals surface area (Å²) in [5.74, 6) is -2.80. The molecule has 1 aliphatic rings. The molecule has 1 aromatic carbocycles. The minimum Gasteiger partial charge on any atom is -0.477 e. The standard InChI is InChI=1S/C15H13FN2O4/c16-11-3-9-12(4-8(11)13(19)5-17)18(7-1-2-7)6-10(14(9)20)15(21)22/h3-4,6-7H,1-2,5,17H2,(H,21,22). The number of carbonyl (C=O) groups excluding carboxylic acids is 1. The first-order valence-corrected chi connectivity index (χ1v) is 6.79. The first kappa shape index (κ1) is 14.4. The Morgan fingerprint density at radius 1 is 1.32 bits per heavy atom. The van der Waals surface area contributed by atoms with Crippen molar-refractivity contribution in [2.24, 2.45) is 5.73 Å². The molecule has 1 heterocycles. The van der Waals surface area contributed by atoms with Crippen LogP contribution in [-0.4, -0.2) is 28.0 Å². The Morgan fingerprint density at radius 3 is 2.55 bits per heavy atom. The number of benzene rings is 1. The smallest absolute Gasteiger partial charge is 0.341 e. The minimum atomic E-state index is -1.36. The van der Waals surface area contributed by atoms with Crippen LogP contribution in [-0.2, 0) is 0 Å². The van der Waals surface area contributed by atoms with Crippen LogP contribution in [0.3, 0.4) is 0 Å². The van der Waals surface area contributed by atoms with Crippen molar-refractivity contribution < 1.29 is 19.1 Å². The number of ketones is 1. The summed E-state index contributed by atoms with van der Waals surface area (Å²) >= 11 is 0. The van der Waals surface area contributed by atoms with Gasteiger partial charge in [-0.05, 0) is 25.0 Å². The average molecular weight is 304 g/mol. The molecule has 0 atom stereocenters. The molecule has 0 amide bonds. The zero-order chi connectivity index (χ0) is 16.0. The second-order valence-electron chi connectivity index (χ2n) is 5.29. The van der Waals surface area contributed by atoms with Gasteiger partial charge in [-0.3, -0.25) is 9.59 Å². The molecule has 0 bridgehead atoms. The second-order valence-corrected chi connectivity index (χ2v) is 5.29. The molecule has 2 aromatic rings. The normalized spacial score (nSPS) is 14.3. The van der Waals surface area contributed by atoms with Crippen molar-refractivity contribution in [3.63, 3.8) is 0 Å². The fourth-order valence-corrected chi connectivity index (χ4v) is 2.50. The zero-order valence-corrected chi connectivity index (χ0v) is 11.5. The van der Waals surface area contributed by atoms with Gasteiger partial charge in [-0.15, -0.1) is 0 Å². The SMILES string of the molecule is NCC(=O)c1cc2c(cc1F)c(=O)c(C(=O)O)cn2C1CC1. The lowest BCUT2D eigenvalue weighted by Gasteiger charge is -2.13. The molecule has 1 fully saturated rings. The van der Waals surface area contributed by atoms with Gasteiger partial charge in [0, 0.05) is 17.6 Å². The van der Waals surface area contributed by atoms with E-state index in [9.17, 15) is 18.8 Å². The molecule has 114 valence electrons. The summed E-state index contributed by atoms with van der Waals surface area (Å²) in [5, 5.41) is 9.08. The van der Waals surface area contributed by atoms with E-state index in [0.717, 1.165) is 18.9 Å². The summed E-state index contributed by atoms with van der Waals surface area (Å²) in [6, 6.07) is 2.27. The monoisotopic (exact) mass is 304 g/mol. The van der Waals surface area contributed by atoms with E-state index >= 15 is 0 Å². The average Bonchev–Trinajstić information content (AvgIpc) is 3.31. The fraction of sp³-hybridized carbons (Fsp3) is 0.267. The lowest BCUT2D eigenvalue weighted by atomic mass is 10.0. The third-order valence-corrected chi connectivity index (χ3v) is 3.78. The number of rotatable bonds is 4. The molecular weight excluding hydrogens is 291 g/mol. The maximum Gasteiger partial charge on any atom is 0.341 e. The van der Waals surface area contributed by atoms with Gasteiger partial charge >= 0.3 is 5.97 Å². The highest BCUT2D eigenvalue weighted by molar-refractivity contribution is 6.01. The van der Waals surface area contributed by atoms with Crippen molar-refractivity contribution >= 4 is 22.7 Å². The Morgan fingerprint density at radius 2 is 2.00 bits per heavy atom. The molecule has 6 nitrogen and oxygen atoms in total. The number of pyridine rings is 1. The van der Waals surface area contributed by atoms with E-state index in [4.69, 9.17) is 10.8 Å². The Bertz CT molecular complexity index is 868. The molecule has 22 heavy (non-hydrogen) atoms. The number of aromatic nitrogens is 1. The van der Waals surface area contributed by atoms with Crippen molar-refractivity contribution in [2.45, 2.75) is 18.9 Å².